The average molecular weight is 360 g/mol. The highest BCUT2D eigenvalue weighted by atomic mass is 79.9. The SMILES string of the molecule is CCN1CCCC1CN(C)C(c1cc(Br)cs1)C(C)N. The Bertz CT molecular complexity index is 421. The highest BCUT2D eigenvalue weighted by Crippen LogP contribution is 2.31. The molecule has 3 nitrogen and oxygen atoms in total. The van der Waals surface area contributed by atoms with Crippen molar-refractivity contribution >= 4 is 27.3 Å². The van der Waals surface area contributed by atoms with E-state index in [0.29, 0.717) is 12.1 Å². The molecule has 114 valence electrons. The number of likely N-dealkylation sites (tertiary alicyclic amines) is 1. The van der Waals surface area contributed by atoms with E-state index >= 15 is 0 Å². The number of hydrogen-bond acceptors (Lipinski definition) is 4. The summed E-state index contributed by atoms with van der Waals surface area (Å²) in [5.41, 5.74) is 6.26. The number of halogens is 1. The maximum atomic E-state index is 6.26. The van der Waals surface area contributed by atoms with Crippen LogP contribution in [0.3, 0.4) is 0 Å². The van der Waals surface area contributed by atoms with Crippen molar-refractivity contribution in [3.63, 3.8) is 0 Å². The standard InChI is InChI=1S/C15H26BrN3S/c1-4-19-7-5-6-13(19)9-18(3)15(11(2)17)14-8-12(16)10-20-14/h8,10-11,13,15H,4-7,9,17H2,1-3H3. The van der Waals surface area contributed by atoms with Gasteiger partial charge in [-0.2, -0.15) is 0 Å². The zero-order chi connectivity index (χ0) is 14.7. The van der Waals surface area contributed by atoms with Crippen LogP contribution in [0.1, 0.15) is 37.6 Å². The molecule has 5 heteroatoms. The predicted octanol–water partition coefficient (Wildman–Crippen LogP) is 3.32. The summed E-state index contributed by atoms with van der Waals surface area (Å²) in [6.07, 6.45) is 2.65. The number of nitrogens with two attached hydrogens (primary N) is 1. The van der Waals surface area contributed by atoms with E-state index in [4.69, 9.17) is 5.73 Å². The number of hydrogen-bond donors (Lipinski definition) is 1. The Kier molecular flexibility index (Phi) is 6.05. The third kappa shape index (κ3) is 3.83. The van der Waals surface area contributed by atoms with Crippen LogP contribution in [0.5, 0.6) is 0 Å². The molecule has 0 bridgehead atoms. The fourth-order valence-corrected chi connectivity index (χ4v) is 5.05. The van der Waals surface area contributed by atoms with Crippen molar-refractivity contribution in [2.45, 2.75) is 44.8 Å². The summed E-state index contributed by atoms with van der Waals surface area (Å²) < 4.78 is 1.16. The fourth-order valence-electron chi connectivity index (χ4n) is 3.33. The van der Waals surface area contributed by atoms with Crippen molar-refractivity contribution in [3.8, 4) is 0 Å². The lowest BCUT2D eigenvalue weighted by Gasteiger charge is -2.34. The molecule has 2 heterocycles. The first-order valence-electron chi connectivity index (χ1n) is 7.46. The Balaban J connectivity index is 2.05. The molecule has 2 rings (SSSR count). The Hall–Kier alpha value is 0.0600. The van der Waals surface area contributed by atoms with Crippen molar-refractivity contribution in [3.05, 3.63) is 20.8 Å². The van der Waals surface area contributed by atoms with Gasteiger partial charge in [0.2, 0.25) is 0 Å². The third-order valence-electron chi connectivity index (χ3n) is 4.26. The molecule has 0 aliphatic carbocycles. The van der Waals surface area contributed by atoms with Crippen LogP contribution < -0.4 is 5.73 Å². The molecular weight excluding hydrogens is 334 g/mol. The highest BCUT2D eigenvalue weighted by molar-refractivity contribution is 9.10. The van der Waals surface area contributed by atoms with Gasteiger partial charge in [-0.1, -0.05) is 6.92 Å². The maximum Gasteiger partial charge on any atom is 0.0589 e. The van der Waals surface area contributed by atoms with Gasteiger partial charge in [0.05, 0.1) is 6.04 Å². The lowest BCUT2D eigenvalue weighted by molar-refractivity contribution is 0.153. The molecule has 0 radical (unpaired) electrons. The number of likely N-dealkylation sites (N-methyl/N-ethyl adjacent to an activating group) is 2. The van der Waals surface area contributed by atoms with Gasteiger partial charge in [0.1, 0.15) is 0 Å². The van der Waals surface area contributed by atoms with E-state index < -0.39 is 0 Å². The lowest BCUT2D eigenvalue weighted by atomic mass is 10.1. The van der Waals surface area contributed by atoms with Crippen molar-refractivity contribution < 1.29 is 0 Å². The van der Waals surface area contributed by atoms with Crippen LogP contribution in [0, 0.1) is 0 Å². The van der Waals surface area contributed by atoms with Gasteiger partial charge in [-0.15, -0.1) is 11.3 Å². The summed E-state index contributed by atoms with van der Waals surface area (Å²) in [5.74, 6) is 0. The van der Waals surface area contributed by atoms with Gasteiger partial charge in [0.15, 0.2) is 0 Å². The van der Waals surface area contributed by atoms with E-state index in [1.54, 1.807) is 11.3 Å². The van der Waals surface area contributed by atoms with Gasteiger partial charge in [0.25, 0.3) is 0 Å². The first kappa shape index (κ1) is 16.4. The third-order valence-corrected chi connectivity index (χ3v) is 6.02. The Morgan fingerprint density at radius 1 is 1.60 bits per heavy atom. The van der Waals surface area contributed by atoms with Crippen LogP contribution in [-0.2, 0) is 0 Å². The smallest absolute Gasteiger partial charge is 0.0589 e. The number of rotatable bonds is 6. The minimum Gasteiger partial charge on any atom is -0.326 e. The second kappa shape index (κ2) is 7.36. The predicted molar refractivity (Wildman–Crippen MR) is 91.3 cm³/mol. The second-order valence-electron chi connectivity index (χ2n) is 5.84. The van der Waals surface area contributed by atoms with Crippen molar-refractivity contribution in [1.29, 1.82) is 0 Å². The maximum absolute atomic E-state index is 6.26. The van der Waals surface area contributed by atoms with Crippen LogP contribution in [0.25, 0.3) is 0 Å². The molecule has 0 aromatic carbocycles. The van der Waals surface area contributed by atoms with E-state index in [9.17, 15) is 0 Å². The second-order valence-corrected chi connectivity index (χ2v) is 7.69. The van der Waals surface area contributed by atoms with Crippen LogP contribution in [-0.4, -0.2) is 48.6 Å². The molecule has 1 aromatic heterocycles. The summed E-state index contributed by atoms with van der Waals surface area (Å²) in [7, 11) is 2.22. The van der Waals surface area contributed by atoms with Crippen molar-refractivity contribution in [2.24, 2.45) is 5.73 Å². The van der Waals surface area contributed by atoms with Crippen LogP contribution in [0.4, 0.5) is 0 Å². The average Bonchev–Trinajstić information content (AvgIpc) is 2.98. The summed E-state index contributed by atoms with van der Waals surface area (Å²) in [6.45, 7) is 7.89. The number of nitrogens with zero attached hydrogens (tertiary/aromatic N) is 2. The fraction of sp³-hybridized carbons (Fsp3) is 0.733. The van der Waals surface area contributed by atoms with Gasteiger partial charge in [-0.3, -0.25) is 9.80 Å². The lowest BCUT2D eigenvalue weighted by Crippen LogP contribution is -2.44. The van der Waals surface area contributed by atoms with Crippen LogP contribution >= 0.6 is 27.3 Å². The van der Waals surface area contributed by atoms with E-state index in [2.05, 4.69) is 58.1 Å². The molecule has 1 aromatic rings. The van der Waals surface area contributed by atoms with Gasteiger partial charge < -0.3 is 5.73 Å². The summed E-state index contributed by atoms with van der Waals surface area (Å²) in [4.78, 5) is 6.40. The summed E-state index contributed by atoms with van der Waals surface area (Å²) >= 11 is 5.35. The Morgan fingerprint density at radius 3 is 2.90 bits per heavy atom. The molecule has 20 heavy (non-hydrogen) atoms. The van der Waals surface area contributed by atoms with E-state index in [-0.39, 0.29) is 6.04 Å². The molecule has 0 saturated carbocycles. The van der Waals surface area contributed by atoms with Gasteiger partial charge in [-0.25, -0.2) is 0 Å². The molecule has 3 atom stereocenters. The molecule has 2 N–H and O–H groups in total. The van der Waals surface area contributed by atoms with Gasteiger partial charge in [0, 0.05) is 33.4 Å². The number of thiophene rings is 1. The molecular formula is C15H26BrN3S. The first-order chi connectivity index (χ1) is 9.52. The monoisotopic (exact) mass is 359 g/mol. The van der Waals surface area contributed by atoms with E-state index in [0.717, 1.165) is 17.6 Å². The van der Waals surface area contributed by atoms with Gasteiger partial charge in [-0.05, 0) is 61.9 Å². The molecule has 3 unspecified atom stereocenters. The molecule has 1 aliphatic heterocycles. The quantitative estimate of drug-likeness (QED) is 0.845. The van der Waals surface area contributed by atoms with E-state index in [1.807, 2.05) is 0 Å². The van der Waals surface area contributed by atoms with Crippen LogP contribution in [0.2, 0.25) is 0 Å². The molecule has 1 saturated heterocycles. The Morgan fingerprint density at radius 2 is 2.35 bits per heavy atom. The van der Waals surface area contributed by atoms with Crippen molar-refractivity contribution in [2.75, 3.05) is 26.7 Å². The molecule has 1 fully saturated rings. The van der Waals surface area contributed by atoms with Gasteiger partial charge >= 0.3 is 0 Å². The minimum atomic E-state index is 0.141. The normalized spacial score (nSPS) is 23.4. The molecule has 1 aliphatic rings. The van der Waals surface area contributed by atoms with Crippen molar-refractivity contribution in [1.82, 2.24) is 9.80 Å². The summed E-state index contributed by atoms with van der Waals surface area (Å²) in [6, 6.07) is 3.35. The zero-order valence-corrected chi connectivity index (χ0v) is 15.1. The zero-order valence-electron chi connectivity index (χ0n) is 12.7. The Labute approximate surface area is 135 Å². The molecule has 0 amide bonds. The van der Waals surface area contributed by atoms with E-state index in [1.165, 1.54) is 24.3 Å². The highest BCUT2D eigenvalue weighted by Gasteiger charge is 2.29. The summed E-state index contributed by atoms with van der Waals surface area (Å²) in [5, 5.41) is 2.15. The largest absolute Gasteiger partial charge is 0.326 e. The topological polar surface area (TPSA) is 32.5 Å². The minimum absolute atomic E-state index is 0.141. The van der Waals surface area contributed by atoms with Crippen LogP contribution in [0.15, 0.2) is 15.9 Å². The first-order valence-corrected chi connectivity index (χ1v) is 9.14. The molecule has 0 spiro atoms.